The third-order valence-corrected chi connectivity index (χ3v) is 5.49. The molecule has 0 spiro atoms. The summed E-state index contributed by atoms with van der Waals surface area (Å²) in [7, 11) is 0. The average molecular weight is 379 g/mol. The predicted octanol–water partition coefficient (Wildman–Crippen LogP) is 3.18. The molecule has 1 unspecified atom stereocenters. The summed E-state index contributed by atoms with van der Waals surface area (Å²) in [6, 6.07) is 10.3. The van der Waals surface area contributed by atoms with Gasteiger partial charge in [-0.05, 0) is 25.0 Å². The van der Waals surface area contributed by atoms with Crippen molar-refractivity contribution in [2.45, 2.75) is 32.1 Å². The van der Waals surface area contributed by atoms with Crippen molar-refractivity contribution in [1.29, 1.82) is 5.26 Å². The Labute approximate surface area is 164 Å². The van der Waals surface area contributed by atoms with Crippen LogP contribution in [0, 0.1) is 17.2 Å². The fourth-order valence-corrected chi connectivity index (χ4v) is 4.11. The first kappa shape index (κ1) is 18.7. The van der Waals surface area contributed by atoms with E-state index < -0.39 is 0 Å². The van der Waals surface area contributed by atoms with E-state index in [0.29, 0.717) is 32.7 Å². The van der Waals surface area contributed by atoms with E-state index in [2.05, 4.69) is 10.6 Å². The van der Waals surface area contributed by atoms with Gasteiger partial charge >= 0.3 is 0 Å². The standard InChI is InChI=1S/C22H25N3O3/c23-10-4-12-24-15-17(19-6-1-2-7-20(19)24)8-9-21(26)25-11-3-5-18(16-25)22-27-13-14-28-22/h1-2,6-9,15,18,22H,3-5,11-14,16H2/b9-8+. The molecule has 2 aliphatic heterocycles. The topological polar surface area (TPSA) is 67.5 Å². The van der Waals surface area contributed by atoms with Crippen LogP contribution >= 0.6 is 0 Å². The number of aryl methyl sites for hydroxylation is 1. The van der Waals surface area contributed by atoms with Gasteiger partial charge in [0.2, 0.25) is 5.91 Å². The summed E-state index contributed by atoms with van der Waals surface area (Å²) < 4.78 is 13.3. The first-order valence-corrected chi connectivity index (χ1v) is 9.91. The summed E-state index contributed by atoms with van der Waals surface area (Å²) in [6.07, 6.45) is 7.87. The third-order valence-electron chi connectivity index (χ3n) is 5.49. The van der Waals surface area contributed by atoms with E-state index in [1.165, 1.54) is 0 Å². The third kappa shape index (κ3) is 3.96. The minimum absolute atomic E-state index is 0.0246. The monoisotopic (exact) mass is 379 g/mol. The van der Waals surface area contributed by atoms with Gasteiger partial charge in [0.25, 0.3) is 0 Å². The maximum Gasteiger partial charge on any atom is 0.246 e. The Morgan fingerprint density at radius 3 is 2.93 bits per heavy atom. The second-order valence-corrected chi connectivity index (χ2v) is 7.33. The number of fused-ring (bicyclic) bond motifs is 1. The van der Waals surface area contributed by atoms with Gasteiger partial charge in [0, 0.05) is 54.3 Å². The number of benzene rings is 1. The molecule has 2 saturated heterocycles. The van der Waals surface area contributed by atoms with Crippen molar-refractivity contribution in [3.05, 3.63) is 42.1 Å². The lowest BCUT2D eigenvalue weighted by Gasteiger charge is -2.34. The van der Waals surface area contributed by atoms with Crippen molar-refractivity contribution in [2.24, 2.45) is 5.92 Å². The fraction of sp³-hybridized carbons (Fsp3) is 0.455. The molecule has 1 amide bonds. The molecule has 1 aromatic carbocycles. The molecule has 0 radical (unpaired) electrons. The van der Waals surface area contributed by atoms with Gasteiger partial charge in [0.05, 0.1) is 25.7 Å². The second-order valence-electron chi connectivity index (χ2n) is 7.33. The molecule has 1 atom stereocenters. The second kappa shape index (κ2) is 8.59. The number of amides is 1. The normalized spacial score (nSPS) is 20.8. The van der Waals surface area contributed by atoms with Crippen molar-refractivity contribution in [2.75, 3.05) is 26.3 Å². The van der Waals surface area contributed by atoms with Crippen LogP contribution in [0.25, 0.3) is 17.0 Å². The van der Waals surface area contributed by atoms with Gasteiger partial charge in [0.1, 0.15) is 0 Å². The number of hydrogen-bond donors (Lipinski definition) is 0. The summed E-state index contributed by atoms with van der Waals surface area (Å²) in [6.45, 7) is 3.39. The molecule has 28 heavy (non-hydrogen) atoms. The van der Waals surface area contributed by atoms with E-state index in [-0.39, 0.29) is 18.1 Å². The highest BCUT2D eigenvalue weighted by molar-refractivity contribution is 5.96. The van der Waals surface area contributed by atoms with Crippen LogP contribution in [-0.4, -0.2) is 48.0 Å². The molecule has 2 fully saturated rings. The van der Waals surface area contributed by atoms with Gasteiger partial charge in [-0.2, -0.15) is 5.26 Å². The molecule has 3 heterocycles. The first-order valence-electron chi connectivity index (χ1n) is 9.91. The summed E-state index contributed by atoms with van der Waals surface area (Å²) >= 11 is 0. The average Bonchev–Trinajstić information content (AvgIpc) is 3.39. The number of nitriles is 1. The van der Waals surface area contributed by atoms with Crippen LogP contribution in [-0.2, 0) is 20.8 Å². The SMILES string of the molecule is N#CCCn1cc(/C=C/C(=O)N2CCCC(C3OCCO3)C2)c2ccccc21. The maximum atomic E-state index is 12.8. The van der Waals surface area contributed by atoms with E-state index in [1.807, 2.05) is 41.4 Å². The van der Waals surface area contributed by atoms with Gasteiger partial charge in [-0.15, -0.1) is 0 Å². The number of carbonyl (C=O) groups excluding carboxylic acids is 1. The highest BCUT2D eigenvalue weighted by Gasteiger charge is 2.32. The highest BCUT2D eigenvalue weighted by atomic mass is 16.7. The number of ether oxygens (including phenoxy) is 2. The van der Waals surface area contributed by atoms with Crippen LogP contribution in [0.5, 0.6) is 0 Å². The Kier molecular flexibility index (Phi) is 5.75. The predicted molar refractivity (Wildman–Crippen MR) is 106 cm³/mol. The quantitative estimate of drug-likeness (QED) is 0.749. The first-order chi connectivity index (χ1) is 13.8. The molecule has 2 aliphatic rings. The summed E-state index contributed by atoms with van der Waals surface area (Å²) in [5.74, 6) is 0.276. The number of hydrogen-bond acceptors (Lipinski definition) is 4. The van der Waals surface area contributed by atoms with Crippen LogP contribution in [0.2, 0.25) is 0 Å². The van der Waals surface area contributed by atoms with Crippen molar-refractivity contribution in [3.8, 4) is 6.07 Å². The lowest BCUT2D eigenvalue weighted by Crippen LogP contribution is -2.43. The van der Waals surface area contributed by atoms with Crippen molar-refractivity contribution >= 4 is 22.9 Å². The van der Waals surface area contributed by atoms with Gasteiger partial charge in [-0.25, -0.2) is 0 Å². The number of piperidine rings is 1. The zero-order chi connectivity index (χ0) is 19.3. The van der Waals surface area contributed by atoms with Crippen LogP contribution in [0.4, 0.5) is 0 Å². The van der Waals surface area contributed by atoms with Gasteiger partial charge < -0.3 is 18.9 Å². The summed E-state index contributed by atoms with van der Waals surface area (Å²) in [4.78, 5) is 14.6. The number of para-hydroxylation sites is 1. The summed E-state index contributed by atoms with van der Waals surface area (Å²) in [5, 5.41) is 9.97. The molecule has 146 valence electrons. The number of rotatable bonds is 5. The molecule has 0 bridgehead atoms. The van der Waals surface area contributed by atoms with Gasteiger partial charge in [-0.1, -0.05) is 18.2 Å². The Bertz CT molecular complexity index is 905. The van der Waals surface area contributed by atoms with E-state index in [4.69, 9.17) is 14.7 Å². The highest BCUT2D eigenvalue weighted by Crippen LogP contribution is 2.26. The van der Waals surface area contributed by atoms with Crippen LogP contribution in [0.3, 0.4) is 0 Å². The van der Waals surface area contributed by atoms with Crippen LogP contribution in [0.15, 0.2) is 36.5 Å². The van der Waals surface area contributed by atoms with Gasteiger partial charge in [0.15, 0.2) is 6.29 Å². The molecule has 2 aromatic rings. The Morgan fingerprint density at radius 2 is 2.11 bits per heavy atom. The smallest absolute Gasteiger partial charge is 0.246 e. The number of likely N-dealkylation sites (tertiary alicyclic amines) is 1. The minimum atomic E-state index is -0.169. The van der Waals surface area contributed by atoms with E-state index >= 15 is 0 Å². The minimum Gasteiger partial charge on any atom is -0.350 e. The zero-order valence-electron chi connectivity index (χ0n) is 15.9. The lowest BCUT2D eigenvalue weighted by molar-refractivity contribution is -0.134. The van der Waals surface area contributed by atoms with E-state index in [0.717, 1.165) is 35.9 Å². The number of aromatic nitrogens is 1. The molecule has 6 nitrogen and oxygen atoms in total. The molecule has 0 aliphatic carbocycles. The molecule has 0 saturated carbocycles. The molecular weight excluding hydrogens is 354 g/mol. The Morgan fingerprint density at radius 1 is 1.29 bits per heavy atom. The molecule has 1 aromatic heterocycles. The van der Waals surface area contributed by atoms with E-state index in [9.17, 15) is 4.79 Å². The van der Waals surface area contributed by atoms with Crippen molar-refractivity contribution in [3.63, 3.8) is 0 Å². The van der Waals surface area contributed by atoms with Crippen molar-refractivity contribution < 1.29 is 14.3 Å². The summed E-state index contributed by atoms with van der Waals surface area (Å²) in [5.41, 5.74) is 2.08. The molecule has 4 rings (SSSR count). The maximum absolute atomic E-state index is 12.8. The molecule has 0 N–H and O–H groups in total. The number of carbonyl (C=O) groups is 1. The van der Waals surface area contributed by atoms with E-state index in [1.54, 1.807) is 6.08 Å². The van der Waals surface area contributed by atoms with Crippen molar-refractivity contribution in [1.82, 2.24) is 9.47 Å². The Balaban J connectivity index is 1.47. The van der Waals surface area contributed by atoms with Crippen LogP contribution in [0.1, 0.15) is 24.8 Å². The molecule has 6 heteroatoms. The van der Waals surface area contributed by atoms with Crippen LogP contribution < -0.4 is 0 Å². The zero-order valence-corrected chi connectivity index (χ0v) is 15.9. The largest absolute Gasteiger partial charge is 0.350 e. The van der Waals surface area contributed by atoms with Gasteiger partial charge in [-0.3, -0.25) is 4.79 Å². The fourth-order valence-electron chi connectivity index (χ4n) is 4.11. The molecular formula is C22H25N3O3. The Hall–Kier alpha value is -2.62. The number of nitrogens with zero attached hydrogens (tertiary/aromatic N) is 3. The lowest BCUT2D eigenvalue weighted by atomic mass is 9.97.